The minimum Gasteiger partial charge on any atom is -0.463 e. The molecule has 2 heterocycles. The Kier molecular flexibility index (Phi) is 9.34. The van der Waals surface area contributed by atoms with Crippen LogP contribution in [0.3, 0.4) is 0 Å². The first-order valence-electron chi connectivity index (χ1n) is 11.6. The minimum absolute atomic E-state index is 0.0172. The van der Waals surface area contributed by atoms with E-state index in [1.54, 1.807) is 6.07 Å². The summed E-state index contributed by atoms with van der Waals surface area (Å²) in [5, 5.41) is 0.694. The molecule has 0 aliphatic carbocycles. The third kappa shape index (κ3) is 7.01. The van der Waals surface area contributed by atoms with Crippen molar-refractivity contribution in [2.75, 3.05) is 6.61 Å². The molecule has 0 saturated carbocycles. The maximum absolute atomic E-state index is 12.0. The summed E-state index contributed by atoms with van der Waals surface area (Å²) in [5.74, 6) is -3.00. The van der Waals surface area contributed by atoms with E-state index in [4.69, 9.17) is 44.4 Å². The van der Waals surface area contributed by atoms with Gasteiger partial charge in [-0.05, 0) is 18.1 Å². The zero-order chi connectivity index (χ0) is 28.1. The van der Waals surface area contributed by atoms with Crippen LogP contribution in [0.15, 0.2) is 27.4 Å². The van der Waals surface area contributed by atoms with Crippen molar-refractivity contribution in [1.29, 1.82) is 0 Å². The van der Waals surface area contributed by atoms with Gasteiger partial charge in [0.25, 0.3) is 0 Å². The van der Waals surface area contributed by atoms with Gasteiger partial charge in [-0.25, -0.2) is 4.79 Å². The molecule has 3 rings (SSSR count). The standard InChI is InChI=1S/C25H27ClO12/c1-6-15-7-21(31)36-18-9-19(17(26)8-16(15)18)37-25-24(35-14(5)30)23(34-13(4)29)22(33-12(3)28)20(38-25)10-32-11(2)27/h7-9,20,22-25H,6,10H2,1-5H3/t20-,22-,23-,24+,25+/m0/s1. The molecule has 0 radical (unpaired) electrons. The number of aryl methyl sites for hydroxylation is 1. The van der Waals surface area contributed by atoms with Crippen LogP contribution in [-0.4, -0.2) is 61.2 Å². The fourth-order valence-electron chi connectivity index (χ4n) is 4.02. The zero-order valence-corrected chi connectivity index (χ0v) is 22.1. The molecule has 13 heteroatoms. The molecule has 1 aromatic carbocycles. The van der Waals surface area contributed by atoms with Crippen LogP contribution >= 0.6 is 11.6 Å². The fourth-order valence-corrected chi connectivity index (χ4v) is 4.23. The van der Waals surface area contributed by atoms with Gasteiger partial charge in [-0.2, -0.15) is 0 Å². The van der Waals surface area contributed by atoms with E-state index in [1.165, 1.54) is 12.1 Å². The minimum atomic E-state index is -1.49. The second-order valence-corrected chi connectivity index (χ2v) is 8.82. The molecular formula is C25H27ClO12. The number of halogens is 1. The summed E-state index contributed by atoms with van der Waals surface area (Å²) in [5.41, 5.74) is 0.311. The highest BCUT2D eigenvalue weighted by atomic mass is 35.5. The summed E-state index contributed by atoms with van der Waals surface area (Å²) in [6.45, 7) is 5.94. The predicted octanol–water partition coefficient (Wildman–Crippen LogP) is 2.47. The van der Waals surface area contributed by atoms with Crippen molar-refractivity contribution >= 4 is 46.4 Å². The van der Waals surface area contributed by atoms with Gasteiger partial charge >= 0.3 is 29.5 Å². The van der Waals surface area contributed by atoms with Crippen molar-refractivity contribution in [2.24, 2.45) is 0 Å². The van der Waals surface area contributed by atoms with E-state index in [1.807, 2.05) is 6.92 Å². The van der Waals surface area contributed by atoms with Crippen molar-refractivity contribution in [3.05, 3.63) is 39.2 Å². The van der Waals surface area contributed by atoms with E-state index in [-0.39, 0.29) is 16.4 Å². The Balaban J connectivity index is 2.08. The van der Waals surface area contributed by atoms with Crippen molar-refractivity contribution in [1.82, 2.24) is 0 Å². The van der Waals surface area contributed by atoms with Gasteiger partial charge in [0, 0.05) is 45.2 Å². The van der Waals surface area contributed by atoms with Gasteiger partial charge in [-0.1, -0.05) is 18.5 Å². The highest BCUT2D eigenvalue weighted by Crippen LogP contribution is 2.36. The van der Waals surface area contributed by atoms with Gasteiger partial charge in [-0.3, -0.25) is 19.2 Å². The summed E-state index contributed by atoms with van der Waals surface area (Å²) >= 11 is 6.47. The van der Waals surface area contributed by atoms with E-state index in [0.29, 0.717) is 17.4 Å². The molecule has 0 unspecified atom stereocenters. The lowest BCUT2D eigenvalue weighted by molar-refractivity contribution is -0.288. The first-order valence-corrected chi connectivity index (χ1v) is 12.0. The van der Waals surface area contributed by atoms with Gasteiger partial charge < -0.3 is 32.8 Å². The molecule has 1 saturated heterocycles. The summed E-state index contributed by atoms with van der Waals surface area (Å²) in [6.07, 6.45) is -6.35. The Morgan fingerprint density at radius 2 is 1.47 bits per heavy atom. The molecule has 206 valence electrons. The van der Waals surface area contributed by atoms with Crippen LogP contribution in [0.5, 0.6) is 5.75 Å². The smallest absolute Gasteiger partial charge is 0.336 e. The van der Waals surface area contributed by atoms with Crippen molar-refractivity contribution in [3.63, 3.8) is 0 Å². The number of carbonyl (C=O) groups is 4. The third-order valence-electron chi connectivity index (χ3n) is 5.45. The van der Waals surface area contributed by atoms with Gasteiger partial charge in [0.1, 0.15) is 24.0 Å². The van der Waals surface area contributed by atoms with E-state index >= 15 is 0 Å². The van der Waals surface area contributed by atoms with Crippen LogP contribution in [0.25, 0.3) is 11.0 Å². The lowest BCUT2D eigenvalue weighted by Crippen LogP contribution is -2.63. The first-order chi connectivity index (χ1) is 17.9. The van der Waals surface area contributed by atoms with Gasteiger partial charge in [0.15, 0.2) is 12.2 Å². The molecule has 1 aliphatic heterocycles. The normalized spacial score (nSPS) is 22.8. The quantitative estimate of drug-likeness (QED) is 0.267. The number of hydrogen-bond donors (Lipinski definition) is 0. The molecule has 0 N–H and O–H groups in total. The predicted molar refractivity (Wildman–Crippen MR) is 129 cm³/mol. The summed E-state index contributed by atoms with van der Waals surface area (Å²) < 4.78 is 38.3. The molecule has 2 aromatic rings. The Bertz CT molecular complexity index is 1290. The van der Waals surface area contributed by atoms with Crippen LogP contribution < -0.4 is 10.4 Å². The number of benzene rings is 1. The number of ether oxygens (including phenoxy) is 6. The maximum Gasteiger partial charge on any atom is 0.336 e. The summed E-state index contributed by atoms with van der Waals surface area (Å²) in [4.78, 5) is 59.3. The largest absolute Gasteiger partial charge is 0.463 e. The molecule has 5 atom stereocenters. The van der Waals surface area contributed by atoms with Gasteiger partial charge in [-0.15, -0.1) is 0 Å². The van der Waals surface area contributed by atoms with Crippen LogP contribution in [0.2, 0.25) is 5.02 Å². The highest BCUT2D eigenvalue weighted by Gasteiger charge is 2.53. The van der Waals surface area contributed by atoms with Crippen LogP contribution in [0.4, 0.5) is 0 Å². The Labute approximate surface area is 222 Å². The molecular weight excluding hydrogens is 528 g/mol. The van der Waals surface area contributed by atoms with Crippen LogP contribution in [-0.2, 0) is 49.3 Å². The van der Waals surface area contributed by atoms with Crippen LogP contribution in [0.1, 0.15) is 40.2 Å². The molecule has 0 spiro atoms. The van der Waals surface area contributed by atoms with E-state index in [2.05, 4.69) is 0 Å². The number of carbonyl (C=O) groups excluding carboxylic acids is 4. The van der Waals surface area contributed by atoms with E-state index < -0.39 is 66.8 Å². The van der Waals surface area contributed by atoms with Gasteiger partial charge in [0.2, 0.25) is 12.4 Å². The zero-order valence-electron chi connectivity index (χ0n) is 21.3. The number of hydrogen-bond acceptors (Lipinski definition) is 12. The first kappa shape index (κ1) is 28.9. The Morgan fingerprint density at radius 3 is 2.05 bits per heavy atom. The monoisotopic (exact) mass is 554 g/mol. The molecule has 12 nitrogen and oxygen atoms in total. The lowest BCUT2D eigenvalue weighted by Gasteiger charge is -2.43. The Hall–Kier alpha value is -3.64. The van der Waals surface area contributed by atoms with E-state index in [9.17, 15) is 24.0 Å². The SMILES string of the molecule is CCc1cc(=O)oc2cc(O[C@@H]3O[C@@H](COC(C)=O)[C@H](OC(C)=O)[C@H](OC(C)=O)[C@H]3OC(C)=O)c(Cl)cc12. The number of rotatable bonds is 8. The molecule has 1 fully saturated rings. The average Bonchev–Trinajstić information content (AvgIpc) is 2.81. The average molecular weight is 555 g/mol. The van der Waals surface area contributed by atoms with Crippen molar-refractivity contribution in [3.8, 4) is 5.75 Å². The summed E-state index contributed by atoms with van der Waals surface area (Å²) in [6, 6.07) is 4.27. The van der Waals surface area contributed by atoms with Crippen LogP contribution in [0, 0.1) is 0 Å². The fraction of sp³-hybridized carbons (Fsp3) is 0.480. The molecule has 1 aliphatic rings. The number of fused-ring (bicyclic) bond motifs is 1. The topological polar surface area (TPSA) is 154 Å². The van der Waals surface area contributed by atoms with Crippen molar-refractivity contribution < 1.29 is 52.0 Å². The second kappa shape index (κ2) is 12.3. The van der Waals surface area contributed by atoms with Gasteiger partial charge in [0.05, 0.1) is 5.02 Å². The molecule has 38 heavy (non-hydrogen) atoms. The summed E-state index contributed by atoms with van der Waals surface area (Å²) in [7, 11) is 0. The lowest BCUT2D eigenvalue weighted by atomic mass is 9.98. The Morgan fingerprint density at radius 1 is 0.868 bits per heavy atom. The second-order valence-electron chi connectivity index (χ2n) is 8.41. The maximum atomic E-state index is 12.0. The third-order valence-corrected chi connectivity index (χ3v) is 5.75. The molecule has 0 amide bonds. The van der Waals surface area contributed by atoms with Crippen molar-refractivity contribution in [2.45, 2.75) is 71.7 Å². The highest BCUT2D eigenvalue weighted by molar-refractivity contribution is 6.32. The molecule has 0 bridgehead atoms. The molecule has 1 aromatic heterocycles. The number of esters is 4. The van der Waals surface area contributed by atoms with E-state index in [0.717, 1.165) is 27.7 Å².